The molecular weight excluding hydrogens is 382 g/mol. The zero-order chi connectivity index (χ0) is 21.3. The standard InChI is InChI=1S/C20H31NO8/c22-18(29-27)13-21(14-20(24,25)26)11-12-28-15-19(23,16-7-3-1-4-8-16)17-9-5-2-6-10-17/h1,3-4,7-8,17,23-27H,2,5-6,9-15H2. The molecule has 9 heteroatoms. The minimum Gasteiger partial charge on any atom is -0.382 e. The Morgan fingerprint density at radius 3 is 2.31 bits per heavy atom. The van der Waals surface area contributed by atoms with Crippen molar-refractivity contribution in [2.45, 2.75) is 43.7 Å². The van der Waals surface area contributed by atoms with Crippen molar-refractivity contribution in [1.82, 2.24) is 4.90 Å². The first-order chi connectivity index (χ1) is 13.7. The highest BCUT2D eigenvalue weighted by Crippen LogP contribution is 2.39. The smallest absolute Gasteiger partial charge is 0.355 e. The number of aliphatic hydroxyl groups is 4. The molecule has 0 heterocycles. The lowest BCUT2D eigenvalue weighted by atomic mass is 9.74. The fourth-order valence-electron chi connectivity index (χ4n) is 3.89. The zero-order valence-electron chi connectivity index (χ0n) is 16.4. The first-order valence-electron chi connectivity index (χ1n) is 9.84. The van der Waals surface area contributed by atoms with Crippen molar-refractivity contribution in [2.24, 2.45) is 5.92 Å². The van der Waals surface area contributed by atoms with Gasteiger partial charge in [-0.25, -0.2) is 4.79 Å². The molecule has 2 rings (SSSR count). The lowest BCUT2D eigenvalue weighted by Gasteiger charge is -2.39. The van der Waals surface area contributed by atoms with Crippen LogP contribution in [-0.2, 0) is 20.0 Å². The highest BCUT2D eigenvalue weighted by Gasteiger charge is 2.39. The Bertz CT molecular complexity index is 615. The van der Waals surface area contributed by atoms with Crippen molar-refractivity contribution in [2.75, 3.05) is 32.8 Å². The third-order valence-corrected chi connectivity index (χ3v) is 5.32. The predicted molar refractivity (Wildman–Crippen MR) is 102 cm³/mol. The molecule has 164 valence electrons. The second-order valence-electron chi connectivity index (χ2n) is 7.63. The Kier molecular flexibility index (Phi) is 8.97. The van der Waals surface area contributed by atoms with Crippen LogP contribution in [0.2, 0.25) is 0 Å². The molecule has 5 N–H and O–H groups in total. The topological polar surface area (TPSA) is 140 Å². The minimum absolute atomic E-state index is 0.0358. The quantitative estimate of drug-likeness (QED) is 0.151. The van der Waals surface area contributed by atoms with Crippen LogP contribution in [0.1, 0.15) is 37.7 Å². The van der Waals surface area contributed by atoms with Gasteiger partial charge in [0.25, 0.3) is 5.97 Å². The van der Waals surface area contributed by atoms with Crippen LogP contribution in [0.5, 0.6) is 0 Å². The van der Waals surface area contributed by atoms with E-state index in [1.807, 2.05) is 30.3 Å². The summed E-state index contributed by atoms with van der Waals surface area (Å²) >= 11 is 0. The summed E-state index contributed by atoms with van der Waals surface area (Å²) in [6.07, 6.45) is 5.09. The fourth-order valence-corrected chi connectivity index (χ4v) is 3.89. The maximum atomic E-state index is 11.5. The van der Waals surface area contributed by atoms with Crippen molar-refractivity contribution in [3.8, 4) is 0 Å². The molecule has 1 saturated carbocycles. The van der Waals surface area contributed by atoms with Gasteiger partial charge in [-0.05, 0) is 24.3 Å². The van der Waals surface area contributed by atoms with Crippen LogP contribution >= 0.6 is 0 Å². The molecule has 1 aliphatic carbocycles. The summed E-state index contributed by atoms with van der Waals surface area (Å²) in [5.74, 6) is -3.96. The highest BCUT2D eigenvalue weighted by molar-refractivity contribution is 5.70. The monoisotopic (exact) mass is 413 g/mol. The predicted octanol–water partition coefficient (Wildman–Crippen LogP) is 0.420. The van der Waals surface area contributed by atoms with Gasteiger partial charge in [-0.1, -0.05) is 49.6 Å². The molecule has 9 nitrogen and oxygen atoms in total. The number of ether oxygens (including phenoxy) is 1. The summed E-state index contributed by atoms with van der Waals surface area (Å²) in [5.41, 5.74) is -0.363. The summed E-state index contributed by atoms with van der Waals surface area (Å²) < 4.78 is 5.72. The van der Waals surface area contributed by atoms with E-state index in [9.17, 15) is 9.90 Å². The Morgan fingerprint density at radius 2 is 1.72 bits per heavy atom. The van der Waals surface area contributed by atoms with E-state index in [0.29, 0.717) is 0 Å². The molecule has 1 aromatic carbocycles. The highest BCUT2D eigenvalue weighted by atomic mass is 17.1. The summed E-state index contributed by atoms with van der Waals surface area (Å²) in [6, 6.07) is 9.37. The number of hydrogen-bond donors (Lipinski definition) is 5. The summed E-state index contributed by atoms with van der Waals surface area (Å²) in [7, 11) is 0. The molecule has 0 bridgehead atoms. The van der Waals surface area contributed by atoms with Crippen molar-refractivity contribution >= 4 is 5.97 Å². The minimum atomic E-state index is -3.01. The third-order valence-electron chi connectivity index (χ3n) is 5.32. The maximum absolute atomic E-state index is 11.5. The number of hydrogen-bond acceptors (Lipinski definition) is 9. The molecule has 1 aliphatic rings. The number of carbonyl (C=O) groups excluding carboxylic acids is 1. The van der Waals surface area contributed by atoms with E-state index in [1.54, 1.807) is 0 Å². The second-order valence-corrected chi connectivity index (χ2v) is 7.63. The van der Waals surface area contributed by atoms with E-state index < -0.39 is 30.6 Å². The first kappa shape index (κ1) is 23.7. The Labute approximate surface area is 170 Å². The van der Waals surface area contributed by atoms with E-state index in [4.69, 9.17) is 25.3 Å². The van der Waals surface area contributed by atoms with Crippen LogP contribution in [-0.4, -0.2) is 75.4 Å². The molecule has 0 amide bonds. The fraction of sp³-hybridized carbons (Fsp3) is 0.650. The molecule has 1 aromatic rings. The summed E-state index contributed by atoms with van der Waals surface area (Å²) in [6.45, 7) is -1.01. The van der Waals surface area contributed by atoms with Crippen LogP contribution in [0, 0.1) is 5.92 Å². The Hall–Kier alpha value is -1.59. The van der Waals surface area contributed by atoms with Gasteiger partial charge in [0.15, 0.2) is 0 Å². The van der Waals surface area contributed by atoms with Gasteiger partial charge < -0.3 is 25.2 Å². The number of nitrogens with zero attached hydrogens (tertiary/aromatic N) is 1. The Balaban J connectivity index is 1.98. The average Bonchev–Trinajstić information content (AvgIpc) is 2.71. The van der Waals surface area contributed by atoms with Crippen LogP contribution in [0.25, 0.3) is 0 Å². The largest absolute Gasteiger partial charge is 0.382 e. The van der Waals surface area contributed by atoms with E-state index in [2.05, 4.69) is 4.89 Å². The molecule has 1 fully saturated rings. The summed E-state index contributed by atoms with van der Waals surface area (Å²) in [4.78, 5) is 16.0. The molecule has 1 atom stereocenters. The van der Waals surface area contributed by atoms with E-state index in [0.717, 1.165) is 42.6 Å². The zero-order valence-corrected chi connectivity index (χ0v) is 16.4. The van der Waals surface area contributed by atoms with Crippen molar-refractivity contribution in [3.63, 3.8) is 0 Å². The Morgan fingerprint density at radius 1 is 1.07 bits per heavy atom. The van der Waals surface area contributed by atoms with Gasteiger partial charge in [0.05, 0.1) is 19.8 Å². The van der Waals surface area contributed by atoms with Crippen LogP contribution < -0.4 is 0 Å². The average molecular weight is 413 g/mol. The van der Waals surface area contributed by atoms with E-state index >= 15 is 0 Å². The van der Waals surface area contributed by atoms with Crippen LogP contribution in [0.15, 0.2) is 30.3 Å². The van der Waals surface area contributed by atoms with Gasteiger partial charge in [0.2, 0.25) is 0 Å². The van der Waals surface area contributed by atoms with E-state index in [1.165, 1.54) is 0 Å². The molecule has 0 spiro atoms. The maximum Gasteiger partial charge on any atom is 0.355 e. The SMILES string of the molecule is O=C(CN(CCOCC(O)(c1ccccc1)C1CCCCC1)CC(O)(O)O)OO. The van der Waals surface area contributed by atoms with Gasteiger partial charge in [0.1, 0.15) is 12.1 Å². The molecule has 0 saturated heterocycles. The number of rotatable bonds is 11. The van der Waals surface area contributed by atoms with Gasteiger partial charge >= 0.3 is 5.97 Å². The number of carbonyl (C=O) groups is 1. The van der Waals surface area contributed by atoms with Crippen molar-refractivity contribution < 1.29 is 40.1 Å². The van der Waals surface area contributed by atoms with Gasteiger partial charge in [-0.15, -0.1) is 0 Å². The molecule has 0 radical (unpaired) electrons. The third kappa shape index (κ3) is 7.63. The first-order valence-corrected chi connectivity index (χ1v) is 9.84. The molecule has 29 heavy (non-hydrogen) atoms. The van der Waals surface area contributed by atoms with E-state index in [-0.39, 0.29) is 25.7 Å². The molecular formula is C20H31NO8. The van der Waals surface area contributed by atoms with Crippen LogP contribution in [0.4, 0.5) is 0 Å². The lowest BCUT2D eigenvalue weighted by molar-refractivity contribution is -0.317. The van der Waals surface area contributed by atoms with Crippen molar-refractivity contribution in [3.05, 3.63) is 35.9 Å². The molecule has 0 aromatic heterocycles. The lowest BCUT2D eigenvalue weighted by Crippen LogP contribution is -2.46. The molecule has 1 unspecified atom stereocenters. The van der Waals surface area contributed by atoms with Crippen LogP contribution in [0.3, 0.4) is 0 Å². The van der Waals surface area contributed by atoms with Gasteiger partial charge in [-0.3, -0.25) is 9.79 Å². The number of benzene rings is 1. The van der Waals surface area contributed by atoms with Gasteiger partial charge in [0, 0.05) is 6.54 Å². The summed E-state index contributed by atoms with van der Waals surface area (Å²) in [5, 5.41) is 47.3. The normalized spacial score (nSPS) is 17.9. The second kappa shape index (κ2) is 11.0. The van der Waals surface area contributed by atoms with Gasteiger partial charge in [-0.2, -0.15) is 5.26 Å². The van der Waals surface area contributed by atoms with Crippen molar-refractivity contribution in [1.29, 1.82) is 0 Å². The molecule has 0 aliphatic heterocycles.